The summed E-state index contributed by atoms with van der Waals surface area (Å²) in [7, 11) is 1.47. The first kappa shape index (κ1) is 13.4. The molecule has 0 atom stereocenters. The number of aromatic nitrogens is 8. The van der Waals surface area contributed by atoms with Gasteiger partial charge in [0.1, 0.15) is 12.4 Å². The van der Waals surface area contributed by atoms with E-state index in [0.717, 1.165) is 14.5 Å². The first-order chi connectivity index (χ1) is 11.6. The van der Waals surface area contributed by atoms with Crippen molar-refractivity contribution in [2.45, 2.75) is 13.5 Å². The Morgan fingerprint density at radius 2 is 2.26 bits per heavy atom. The molecule has 11 nitrogen and oxygen atoms in total. The molecule has 0 amide bonds. The topological polar surface area (TPSA) is 126 Å². The summed E-state index contributed by atoms with van der Waals surface area (Å²) in [6.07, 6.45) is 2.86. The Kier molecular flexibility index (Phi) is 3.65. The maximum absolute atomic E-state index is 12.1. The van der Waals surface area contributed by atoms with Crippen molar-refractivity contribution in [3.63, 3.8) is 0 Å². The maximum atomic E-state index is 12.1. The van der Waals surface area contributed by atoms with E-state index >= 15 is 0 Å². The van der Waals surface area contributed by atoms with Crippen molar-refractivity contribution >= 4 is 0 Å². The second-order valence-corrected chi connectivity index (χ2v) is 4.40. The van der Waals surface area contributed by atoms with Crippen LogP contribution in [0.25, 0.3) is 5.82 Å². The van der Waals surface area contributed by atoms with Gasteiger partial charge in [0, 0.05) is 19.3 Å². The third-order valence-electron chi connectivity index (χ3n) is 2.92. The second kappa shape index (κ2) is 6.25. The minimum Gasteiger partial charge on any atom is -0.492 e. The normalized spacial score (nSPS) is 11.3. The fourth-order valence-corrected chi connectivity index (χ4v) is 1.86. The molecular formula is C12H14N8O3. The van der Waals surface area contributed by atoms with Crippen LogP contribution >= 0.6 is 0 Å². The summed E-state index contributed by atoms with van der Waals surface area (Å²) in [5.41, 5.74) is -0.0105. The number of H-pyrrole nitrogens is 1. The Morgan fingerprint density at radius 1 is 1.39 bits per heavy atom. The summed E-state index contributed by atoms with van der Waals surface area (Å²) >= 11 is 0. The lowest BCUT2D eigenvalue weighted by molar-refractivity contribution is 0.275. The number of hydrogen-bond donors (Lipinski definition) is 1. The lowest BCUT2D eigenvalue weighted by atomic mass is 10.2. The molecule has 0 aliphatic carbocycles. The zero-order valence-electron chi connectivity index (χ0n) is 13.4. The molecule has 0 fully saturated rings. The summed E-state index contributed by atoms with van der Waals surface area (Å²) in [4.78, 5) is 12.1. The number of ether oxygens (including phenoxy) is 2. The van der Waals surface area contributed by atoms with Crippen LogP contribution in [0.15, 0.2) is 23.3 Å². The van der Waals surface area contributed by atoms with Gasteiger partial charge in [-0.25, -0.2) is 4.79 Å². The monoisotopic (exact) mass is 320 g/mol. The fraction of sp³-hybridized carbons (Fsp3) is 0.333. The first-order valence-corrected chi connectivity index (χ1v) is 6.74. The average molecular weight is 320 g/mol. The minimum absolute atomic E-state index is 0.000213. The molecule has 11 heteroatoms. The molecule has 3 heterocycles. The Labute approximate surface area is 131 Å². The summed E-state index contributed by atoms with van der Waals surface area (Å²) < 4.78 is 20.5. The summed E-state index contributed by atoms with van der Waals surface area (Å²) in [5.74, 6) is 0.816. The smallest absolute Gasteiger partial charge is 0.369 e. The summed E-state index contributed by atoms with van der Waals surface area (Å²) in [5, 5.41) is 19.9. The van der Waals surface area contributed by atoms with E-state index in [0.29, 0.717) is 17.9 Å². The van der Waals surface area contributed by atoms with Gasteiger partial charge in [-0.15, -0.1) is 14.9 Å². The van der Waals surface area contributed by atoms with Crippen LogP contribution in [0.3, 0.4) is 0 Å². The van der Waals surface area contributed by atoms with E-state index in [1.807, 2.05) is 6.92 Å². The quantitative estimate of drug-likeness (QED) is 0.641. The third kappa shape index (κ3) is 2.88. The van der Waals surface area contributed by atoms with Crippen LogP contribution in [0.1, 0.15) is 12.5 Å². The van der Waals surface area contributed by atoms with E-state index in [9.17, 15) is 4.79 Å². The van der Waals surface area contributed by atoms with Gasteiger partial charge in [-0.3, -0.25) is 5.09 Å². The highest BCUT2D eigenvalue weighted by molar-refractivity contribution is 5.41. The van der Waals surface area contributed by atoms with Gasteiger partial charge in [0.15, 0.2) is 7.23 Å². The standard InChI is InChI=1S/C12H14N8O3/c1-3-22-9-6-14-16-11(20-12(21)19(2)17-18-20)8(9)7-23-10-4-5-13-15-10/h4-6H,3,7H2,1-2H3,(H,13,15)/i/hT. The Hall–Kier alpha value is -3.24. The summed E-state index contributed by atoms with van der Waals surface area (Å²) in [6.45, 7) is 2.22. The molecule has 3 rings (SSSR count). The van der Waals surface area contributed by atoms with Crippen LogP contribution in [-0.4, -0.2) is 46.8 Å². The van der Waals surface area contributed by atoms with E-state index in [1.165, 1.54) is 25.5 Å². The molecule has 0 aliphatic rings. The molecule has 0 aliphatic heterocycles. The van der Waals surface area contributed by atoms with Crippen molar-refractivity contribution in [2.24, 2.45) is 7.05 Å². The number of rotatable bonds is 6. The van der Waals surface area contributed by atoms with Gasteiger partial charge in [0.05, 0.1) is 18.4 Å². The molecule has 120 valence electrons. The van der Waals surface area contributed by atoms with Crippen LogP contribution < -0.4 is 15.2 Å². The molecule has 1 N–H and O–H groups in total. The molecule has 0 saturated heterocycles. The van der Waals surface area contributed by atoms with Gasteiger partial charge >= 0.3 is 5.69 Å². The van der Waals surface area contributed by atoms with Gasteiger partial charge in [0.2, 0.25) is 5.88 Å². The Bertz CT molecular complexity index is 902. The Morgan fingerprint density at radius 3 is 2.91 bits per heavy atom. The number of nitrogens with one attached hydrogen (secondary N) is 1. The van der Waals surface area contributed by atoms with E-state index in [2.05, 4.69) is 25.7 Å². The molecule has 0 saturated carbocycles. The zero-order valence-corrected chi connectivity index (χ0v) is 12.4. The van der Waals surface area contributed by atoms with E-state index in [1.54, 1.807) is 0 Å². The molecule has 0 bridgehead atoms. The second-order valence-electron chi connectivity index (χ2n) is 4.40. The lowest BCUT2D eigenvalue weighted by Crippen LogP contribution is -2.24. The van der Waals surface area contributed by atoms with Gasteiger partial charge in [-0.1, -0.05) is 0 Å². The van der Waals surface area contributed by atoms with E-state index in [4.69, 9.17) is 10.9 Å². The number of aromatic amines is 1. The van der Waals surface area contributed by atoms with Crippen LogP contribution in [0, 0.1) is 0 Å². The third-order valence-corrected chi connectivity index (χ3v) is 2.92. The summed E-state index contributed by atoms with van der Waals surface area (Å²) in [6, 6.07) is 1.54. The molecule has 0 spiro atoms. The first-order valence-electron chi connectivity index (χ1n) is 7.19. The van der Waals surface area contributed by atoms with Crippen LogP contribution in [0.4, 0.5) is 0 Å². The predicted octanol–water partition coefficient (Wildman–Crippen LogP) is -0.543. The van der Waals surface area contributed by atoms with Gasteiger partial charge < -0.3 is 9.47 Å². The largest absolute Gasteiger partial charge is 0.492 e. The molecule has 3 aromatic rings. The Balaban J connectivity index is 2.00. The van der Waals surface area contributed by atoms with Crippen LogP contribution in [-0.2, 0) is 13.7 Å². The van der Waals surface area contributed by atoms with Crippen molar-refractivity contribution in [3.05, 3.63) is 34.5 Å². The van der Waals surface area contributed by atoms with Gasteiger partial charge in [0.25, 0.3) is 0 Å². The number of tetrazole rings is 1. The SMILES string of the molecule is [3H]n1ccc(OCc2c(OCC)cnnc2-n2nnn(C)c2=O)n1. The van der Waals surface area contributed by atoms with Crippen molar-refractivity contribution in [1.82, 2.24) is 40.2 Å². The van der Waals surface area contributed by atoms with Gasteiger partial charge in [-0.2, -0.15) is 9.78 Å². The highest BCUT2D eigenvalue weighted by Crippen LogP contribution is 2.23. The molecular weight excluding hydrogens is 304 g/mol. The minimum atomic E-state index is -0.477. The molecule has 3 aromatic heterocycles. The zero-order chi connectivity index (χ0) is 17.1. The van der Waals surface area contributed by atoms with E-state index in [-0.39, 0.29) is 18.3 Å². The highest BCUT2D eigenvalue weighted by Gasteiger charge is 2.19. The fourth-order valence-electron chi connectivity index (χ4n) is 1.86. The van der Waals surface area contributed by atoms with Crippen molar-refractivity contribution in [1.29, 1.82) is 0 Å². The predicted molar refractivity (Wildman–Crippen MR) is 76.3 cm³/mol. The van der Waals surface area contributed by atoms with Gasteiger partial charge in [-0.05, 0) is 17.4 Å². The van der Waals surface area contributed by atoms with Crippen LogP contribution in [0.2, 0.25) is 1.41 Å². The molecule has 0 aromatic carbocycles. The molecule has 0 unspecified atom stereocenters. The van der Waals surface area contributed by atoms with Crippen molar-refractivity contribution in [3.8, 4) is 17.4 Å². The highest BCUT2D eigenvalue weighted by atomic mass is 16.5. The number of nitrogens with zero attached hydrogens (tertiary/aromatic N) is 7. The lowest BCUT2D eigenvalue weighted by Gasteiger charge is -2.12. The maximum Gasteiger partial charge on any atom is 0.369 e. The van der Waals surface area contributed by atoms with Crippen molar-refractivity contribution in [2.75, 3.05) is 6.61 Å². The van der Waals surface area contributed by atoms with Crippen LogP contribution in [0.5, 0.6) is 11.6 Å². The van der Waals surface area contributed by atoms with Crippen molar-refractivity contribution < 1.29 is 10.9 Å². The molecule has 23 heavy (non-hydrogen) atoms. The van der Waals surface area contributed by atoms with E-state index < -0.39 is 5.69 Å². The number of aryl methyl sites for hydroxylation is 1. The molecule has 0 radical (unpaired) electrons. The average Bonchev–Trinajstić information content (AvgIpc) is 3.13. The number of hydrogen-bond acceptors (Lipinski definition) is 8.